The van der Waals surface area contributed by atoms with E-state index >= 15 is 0 Å². The van der Waals surface area contributed by atoms with Gasteiger partial charge in [0, 0.05) is 23.6 Å². The first kappa shape index (κ1) is 18.1. The van der Waals surface area contributed by atoms with E-state index in [1.807, 2.05) is 13.0 Å². The Kier molecular flexibility index (Phi) is 5.59. The lowest BCUT2D eigenvalue weighted by Gasteiger charge is -2.30. The molecule has 0 aliphatic carbocycles. The third kappa shape index (κ3) is 4.30. The highest BCUT2D eigenvalue weighted by Crippen LogP contribution is 2.27. The van der Waals surface area contributed by atoms with Crippen molar-refractivity contribution in [1.82, 2.24) is 9.97 Å². The summed E-state index contributed by atoms with van der Waals surface area (Å²) in [6, 6.07) is 8.46. The van der Waals surface area contributed by atoms with Crippen LogP contribution in [0.4, 0.5) is 11.6 Å². The van der Waals surface area contributed by atoms with Gasteiger partial charge in [-0.1, -0.05) is 35.8 Å². The smallest absolute Gasteiger partial charge is 0.134 e. The number of halogens is 1. The maximum absolute atomic E-state index is 9.56. The number of hydrogen-bond donors (Lipinski definition) is 2. The molecule has 0 fully saturated rings. The molecule has 3 rings (SSSR count). The minimum atomic E-state index is -0.0124. The summed E-state index contributed by atoms with van der Waals surface area (Å²) >= 11 is 3.55. The lowest BCUT2D eigenvalue weighted by atomic mass is 10.00. The second-order valence-corrected chi connectivity index (χ2v) is 7.84. The zero-order valence-corrected chi connectivity index (χ0v) is 16.5. The molecule has 1 atom stereocenters. The van der Waals surface area contributed by atoms with E-state index in [1.54, 1.807) is 0 Å². The molecule has 134 valence electrons. The standard InChI is InChI=1S/C19H25BrN4O/c1-12(2)17(11-25)23-18-9-19(22-13(3)21-18)24-7-6-14-8-16(20)5-4-15(14)10-24/h4-5,8-9,12,17,25H,6-7,10-11H2,1-3H3,(H,21,22,23)/t17-/m1/s1. The number of aliphatic hydroxyl groups is 1. The molecule has 0 bridgehead atoms. The predicted molar refractivity (Wildman–Crippen MR) is 105 cm³/mol. The highest BCUT2D eigenvalue weighted by molar-refractivity contribution is 9.10. The highest BCUT2D eigenvalue weighted by atomic mass is 79.9. The van der Waals surface area contributed by atoms with E-state index in [2.05, 4.69) is 68.2 Å². The molecule has 0 amide bonds. The van der Waals surface area contributed by atoms with Gasteiger partial charge in [-0.15, -0.1) is 0 Å². The van der Waals surface area contributed by atoms with E-state index in [0.717, 1.165) is 41.4 Å². The van der Waals surface area contributed by atoms with Gasteiger partial charge in [0.05, 0.1) is 12.6 Å². The quantitative estimate of drug-likeness (QED) is 0.797. The number of nitrogens with one attached hydrogen (secondary N) is 1. The van der Waals surface area contributed by atoms with E-state index in [-0.39, 0.29) is 12.6 Å². The lowest BCUT2D eigenvalue weighted by Crippen LogP contribution is -2.32. The molecule has 1 aromatic heterocycles. The SMILES string of the molecule is Cc1nc(N[C@H](CO)C(C)C)cc(N2CCc3cc(Br)ccc3C2)n1. The normalized spacial score (nSPS) is 15.2. The number of anilines is 2. The Labute approximate surface area is 157 Å². The third-order valence-corrected chi connectivity index (χ3v) is 5.16. The molecule has 2 N–H and O–H groups in total. The van der Waals surface area contributed by atoms with Crippen LogP contribution >= 0.6 is 15.9 Å². The zero-order valence-electron chi connectivity index (χ0n) is 15.0. The van der Waals surface area contributed by atoms with Gasteiger partial charge < -0.3 is 15.3 Å². The molecular formula is C19H25BrN4O. The minimum absolute atomic E-state index is 0.0124. The molecule has 25 heavy (non-hydrogen) atoms. The number of hydrogen-bond acceptors (Lipinski definition) is 5. The molecule has 2 aromatic rings. The Morgan fingerprint density at radius 1 is 1.24 bits per heavy atom. The lowest BCUT2D eigenvalue weighted by molar-refractivity contribution is 0.249. The van der Waals surface area contributed by atoms with Gasteiger partial charge in [-0.3, -0.25) is 0 Å². The minimum Gasteiger partial charge on any atom is -0.394 e. The summed E-state index contributed by atoms with van der Waals surface area (Å²) in [5, 5.41) is 12.9. The third-order valence-electron chi connectivity index (χ3n) is 4.66. The van der Waals surface area contributed by atoms with Crippen molar-refractivity contribution < 1.29 is 5.11 Å². The fourth-order valence-corrected chi connectivity index (χ4v) is 3.53. The van der Waals surface area contributed by atoms with Crippen LogP contribution in [0.1, 0.15) is 30.8 Å². The van der Waals surface area contributed by atoms with E-state index < -0.39 is 0 Å². The number of aryl methyl sites for hydroxylation is 1. The molecule has 0 saturated carbocycles. The van der Waals surface area contributed by atoms with Crippen molar-refractivity contribution in [1.29, 1.82) is 0 Å². The van der Waals surface area contributed by atoms with Crippen LogP contribution in [0.15, 0.2) is 28.7 Å². The monoisotopic (exact) mass is 404 g/mol. The van der Waals surface area contributed by atoms with Crippen LogP contribution < -0.4 is 10.2 Å². The summed E-state index contributed by atoms with van der Waals surface area (Å²) in [5.74, 6) is 2.77. The molecule has 5 nitrogen and oxygen atoms in total. The summed E-state index contributed by atoms with van der Waals surface area (Å²) in [6.07, 6.45) is 1.01. The van der Waals surface area contributed by atoms with Crippen molar-refractivity contribution >= 4 is 27.6 Å². The molecule has 1 aliphatic heterocycles. The van der Waals surface area contributed by atoms with Crippen LogP contribution in [-0.4, -0.2) is 34.3 Å². The van der Waals surface area contributed by atoms with E-state index in [0.29, 0.717) is 5.92 Å². The topological polar surface area (TPSA) is 61.3 Å². The molecule has 1 aromatic carbocycles. The van der Waals surface area contributed by atoms with Crippen LogP contribution in [0.25, 0.3) is 0 Å². The van der Waals surface area contributed by atoms with Crippen molar-refractivity contribution in [3.63, 3.8) is 0 Å². The molecule has 0 radical (unpaired) electrons. The average Bonchev–Trinajstić information content (AvgIpc) is 2.58. The predicted octanol–water partition coefficient (Wildman–Crippen LogP) is 3.54. The Hall–Kier alpha value is -1.66. The molecular weight excluding hydrogens is 380 g/mol. The van der Waals surface area contributed by atoms with E-state index in [4.69, 9.17) is 0 Å². The number of rotatable bonds is 5. The molecule has 1 aliphatic rings. The molecule has 6 heteroatoms. The molecule has 0 spiro atoms. The highest BCUT2D eigenvalue weighted by Gasteiger charge is 2.20. The van der Waals surface area contributed by atoms with Crippen LogP contribution in [0.5, 0.6) is 0 Å². The summed E-state index contributed by atoms with van der Waals surface area (Å²) in [4.78, 5) is 11.4. The number of fused-ring (bicyclic) bond motifs is 1. The van der Waals surface area contributed by atoms with Gasteiger partial charge in [-0.05, 0) is 42.5 Å². The van der Waals surface area contributed by atoms with Crippen LogP contribution in [0.3, 0.4) is 0 Å². The summed E-state index contributed by atoms with van der Waals surface area (Å²) in [6.45, 7) is 7.96. The molecule has 2 heterocycles. The first-order valence-corrected chi connectivity index (χ1v) is 9.51. The maximum Gasteiger partial charge on any atom is 0.134 e. The van der Waals surface area contributed by atoms with Crippen molar-refractivity contribution in [3.05, 3.63) is 45.7 Å². The fourth-order valence-electron chi connectivity index (χ4n) is 3.12. The van der Waals surface area contributed by atoms with E-state index in [1.165, 1.54) is 11.1 Å². The van der Waals surface area contributed by atoms with Crippen LogP contribution in [0, 0.1) is 12.8 Å². The first-order chi connectivity index (χ1) is 12.0. The van der Waals surface area contributed by atoms with Crippen molar-refractivity contribution in [2.75, 3.05) is 23.4 Å². The van der Waals surface area contributed by atoms with Crippen molar-refractivity contribution in [2.24, 2.45) is 5.92 Å². The van der Waals surface area contributed by atoms with Crippen molar-refractivity contribution in [2.45, 2.75) is 39.8 Å². The summed E-state index contributed by atoms with van der Waals surface area (Å²) in [5.41, 5.74) is 2.74. The maximum atomic E-state index is 9.56. The Balaban J connectivity index is 1.82. The molecule has 0 saturated heterocycles. The van der Waals surface area contributed by atoms with Gasteiger partial charge in [0.15, 0.2) is 0 Å². The number of aromatic nitrogens is 2. The molecule has 0 unspecified atom stereocenters. The first-order valence-electron chi connectivity index (χ1n) is 8.71. The van der Waals surface area contributed by atoms with Gasteiger partial charge in [-0.2, -0.15) is 0 Å². The van der Waals surface area contributed by atoms with Gasteiger partial charge in [-0.25, -0.2) is 9.97 Å². The van der Waals surface area contributed by atoms with Gasteiger partial charge in [0.1, 0.15) is 17.5 Å². The average molecular weight is 405 g/mol. The fraction of sp³-hybridized carbons (Fsp3) is 0.474. The van der Waals surface area contributed by atoms with Crippen LogP contribution in [0.2, 0.25) is 0 Å². The van der Waals surface area contributed by atoms with Gasteiger partial charge in [0.25, 0.3) is 0 Å². The number of nitrogens with zero attached hydrogens (tertiary/aromatic N) is 3. The number of aliphatic hydroxyl groups excluding tert-OH is 1. The number of benzene rings is 1. The second kappa shape index (κ2) is 7.70. The van der Waals surface area contributed by atoms with Gasteiger partial charge in [0.2, 0.25) is 0 Å². The van der Waals surface area contributed by atoms with Gasteiger partial charge >= 0.3 is 0 Å². The largest absolute Gasteiger partial charge is 0.394 e. The van der Waals surface area contributed by atoms with Crippen molar-refractivity contribution in [3.8, 4) is 0 Å². The summed E-state index contributed by atoms with van der Waals surface area (Å²) < 4.78 is 1.13. The zero-order chi connectivity index (χ0) is 18.0. The Morgan fingerprint density at radius 3 is 2.76 bits per heavy atom. The summed E-state index contributed by atoms with van der Waals surface area (Å²) in [7, 11) is 0. The van der Waals surface area contributed by atoms with Crippen LogP contribution in [-0.2, 0) is 13.0 Å². The Bertz CT molecular complexity index is 750. The Morgan fingerprint density at radius 2 is 2.04 bits per heavy atom. The van der Waals surface area contributed by atoms with E-state index in [9.17, 15) is 5.11 Å². The second-order valence-electron chi connectivity index (χ2n) is 6.92.